The van der Waals surface area contributed by atoms with E-state index in [0.717, 1.165) is 49.3 Å². The minimum absolute atomic E-state index is 0.214. The molecule has 5 heteroatoms. The Hall–Kier alpha value is -1.13. The van der Waals surface area contributed by atoms with Gasteiger partial charge in [-0.15, -0.1) is 0 Å². The van der Waals surface area contributed by atoms with Crippen molar-refractivity contribution in [2.24, 2.45) is 11.8 Å². The van der Waals surface area contributed by atoms with Crippen LogP contribution < -0.4 is 0 Å². The van der Waals surface area contributed by atoms with Crippen molar-refractivity contribution in [2.45, 2.75) is 38.3 Å². The number of hydrogen-bond acceptors (Lipinski definition) is 3. The molecule has 2 heterocycles. The number of aryl methyl sites for hydroxylation is 1. The molecule has 26 heavy (non-hydrogen) atoms. The topological polar surface area (TPSA) is 36.4 Å². The maximum Gasteiger partial charge on any atom is 0.115 e. The SMILES string of the molecule is Cc1cccnc1C1(O)[C@@H]2CCC[C@@H]1CN(Cc1ccc(Cl)c(Cl)c1)C2. The normalized spacial score (nSPS) is 28.9. The van der Waals surface area contributed by atoms with Crippen LogP contribution in [0, 0.1) is 18.8 Å². The Morgan fingerprint density at radius 1 is 1.15 bits per heavy atom. The molecule has 1 saturated heterocycles. The van der Waals surface area contributed by atoms with Crippen molar-refractivity contribution in [2.75, 3.05) is 13.1 Å². The van der Waals surface area contributed by atoms with Crippen LogP contribution in [0.1, 0.15) is 36.1 Å². The van der Waals surface area contributed by atoms with Gasteiger partial charge in [0, 0.05) is 37.7 Å². The number of likely N-dealkylation sites (tertiary alicyclic amines) is 1. The number of benzene rings is 1. The zero-order chi connectivity index (χ0) is 18.3. The average molecular weight is 391 g/mol. The van der Waals surface area contributed by atoms with E-state index in [4.69, 9.17) is 23.2 Å². The standard InChI is InChI=1S/C21H24Cl2N2O/c1-14-4-3-9-24-20(14)21(26)16-5-2-6-17(21)13-25(12-16)11-15-7-8-18(22)19(23)10-15/h3-4,7-10,16-17,26H,2,5-6,11-13H2,1H3/t16-,17-/m1/s1. The summed E-state index contributed by atoms with van der Waals surface area (Å²) in [6, 6.07) is 9.84. The van der Waals surface area contributed by atoms with Crippen LogP contribution in [-0.4, -0.2) is 28.1 Å². The molecule has 3 nitrogen and oxygen atoms in total. The summed E-state index contributed by atoms with van der Waals surface area (Å²) < 4.78 is 0. The lowest BCUT2D eigenvalue weighted by Crippen LogP contribution is -2.58. The van der Waals surface area contributed by atoms with Crippen LogP contribution in [0.2, 0.25) is 10.0 Å². The van der Waals surface area contributed by atoms with Crippen LogP contribution in [0.15, 0.2) is 36.5 Å². The van der Waals surface area contributed by atoms with Gasteiger partial charge in [0.1, 0.15) is 5.60 Å². The number of piperidine rings is 1. The third-order valence-corrected chi connectivity index (χ3v) is 6.83. The van der Waals surface area contributed by atoms with Gasteiger partial charge in [0.15, 0.2) is 0 Å². The first-order valence-electron chi connectivity index (χ1n) is 9.29. The van der Waals surface area contributed by atoms with Crippen molar-refractivity contribution in [3.05, 3.63) is 63.4 Å². The average Bonchev–Trinajstić information content (AvgIpc) is 2.59. The summed E-state index contributed by atoms with van der Waals surface area (Å²) in [6.07, 6.45) is 5.07. The number of fused-ring (bicyclic) bond motifs is 2. The predicted molar refractivity (Wildman–Crippen MR) is 105 cm³/mol. The summed E-state index contributed by atoms with van der Waals surface area (Å²) >= 11 is 12.2. The van der Waals surface area contributed by atoms with E-state index in [2.05, 4.69) is 22.9 Å². The molecule has 1 aromatic heterocycles. The smallest absolute Gasteiger partial charge is 0.115 e. The molecular weight excluding hydrogens is 367 g/mol. The maximum absolute atomic E-state index is 11.7. The molecule has 2 aliphatic rings. The van der Waals surface area contributed by atoms with Gasteiger partial charge >= 0.3 is 0 Å². The van der Waals surface area contributed by atoms with Gasteiger partial charge in [-0.3, -0.25) is 9.88 Å². The molecule has 1 aliphatic carbocycles. The summed E-state index contributed by atoms with van der Waals surface area (Å²) in [7, 11) is 0. The lowest BCUT2D eigenvalue weighted by atomic mass is 9.63. The van der Waals surface area contributed by atoms with Crippen LogP contribution >= 0.6 is 23.2 Å². The molecule has 2 fully saturated rings. The fourth-order valence-corrected chi connectivity index (χ4v) is 5.18. The molecule has 1 N–H and O–H groups in total. The monoisotopic (exact) mass is 390 g/mol. The Balaban J connectivity index is 1.58. The molecule has 0 unspecified atom stereocenters. The van der Waals surface area contributed by atoms with Crippen molar-refractivity contribution in [1.29, 1.82) is 0 Å². The van der Waals surface area contributed by atoms with E-state index in [0.29, 0.717) is 10.0 Å². The van der Waals surface area contributed by atoms with E-state index in [1.165, 1.54) is 6.42 Å². The fraction of sp³-hybridized carbons (Fsp3) is 0.476. The van der Waals surface area contributed by atoms with Crippen molar-refractivity contribution in [3.8, 4) is 0 Å². The number of aliphatic hydroxyl groups is 1. The molecule has 1 aromatic carbocycles. The second kappa shape index (κ2) is 7.12. The minimum Gasteiger partial charge on any atom is -0.383 e. The molecule has 2 aromatic rings. The van der Waals surface area contributed by atoms with Crippen molar-refractivity contribution in [3.63, 3.8) is 0 Å². The first-order chi connectivity index (χ1) is 12.5. The highest BCUT2D eigenvalue weighted by atomic mass is 35.5. The Morgan fingerprint density at radius 3 is 2.54 bits per heavy atom. The second-order valence-corrected chi connectivity index (χ2v) is 8.58. The molecule has 2 bridgehead atoms. The number of halogens is 2. The molecular formula is C21H24Cl2N2O. The molecule has 1 aliphatic heterocycles. The zero-order valence-electron chi connectivity index (χ0n) is 15.0. The van der Waals surface area contributed by atoms with Crippen molar-refractivity contribution >= 4 is 23.2 Å². The van der Waals surface area contributed by atoms with E-state index in [9.17, 15) is 5.11 Å². The minimum atomic E-state index is -0.808. The van der Waals surface area contributed by atoms with E-state index >= 15 is 0 Å². The third kappa shape index (κ3) is 3.16. The molecule has 0 radical (unpaired) electrons. The van der Waals surface area contributed by atoms with E-state index in [-0.39, 0.29) is 11.8 Å². The Bertz CT molecular complexity index is 796. The number of rotatable bonds is 3. The molecule has 138 valence electrons. The van der Waals surface area contributed by atoms with Gasteiger partial charge in [-0.05, 0) is 49.1 Å². The summed E-state index contributed by atoms with van der Waals surface area (Å²) in [4.78, 5) is 7.03. The van der Waals surface area contributed by atoms with Gasteiger partial charge in [0.25, 0.3) is 0 Å². The Labute approximate surface area is 165 Å². The highest BCUT2D eigenvalue weighted by Gasteiger charge is 2.52. The first kappa shape index (κ1) is 18.2. The Morgan fingerprint density at radius 2 is 1.88 bits per heavy atom. The number of pyridine rings is 1. The van der Waals surface area contributed by atoms with Gasteiger partial charge in [-0.1, -0.05) is 41.8 Å². The third-order valence-electron chi connectivity index (χ3n) is 6.09. The van der Waals surface area contributed by atoms with Gasteiger partial charge in [0.05, 0.1) is 15.7 Å². The lowest BCUT2D eigenvalue weighted by molar-refractivity contribution is -0.151. The predicted octanol–water partition coefficient (Wildman–Crippen LogP) is 4.82. The lowest BCUT2D eigenvalue weighted by Gasteiger charge is -2.53. The first-order valence-corrected chi connectivity index (χ1v) is 10.0. The van der Waals surface area contributed by atoms with Crippen LogP contribution in [0.5, 0.6) is 0 Å². The second-order valence-electron chi connectivity index (χ2n) is 7.76. The van der Waals surface area contributed by atoms with Crippen molar-refractivity contribution < 1.29 is 5.11 Å². The number of nitrogens with zero attached hydrogens (tertiary/aromatic N) is 2. The van der Waals surface area contributed by atoms with Gasteiger partial charge in [-0.2, -0.15) is 0 Å². The highest BCUT2D eigenvalue weighted by Crippen LogP contribution is 2.49. The molecule has 0 spiro atoms. The van der Waals surface area contributed by atoms with Crippen LogP contribution in [0.25, 0.3) is 0 Å². The molecule has 4 rings (SSSR count). The van der Waals surface area contributed by atoms with Crippen molar-refractivity contribution in [1.82, 2.24) is 9.88 Å². The summed E-state index contributed by atoms with van der Waals surface area (Å²) in [5, 5.41) is 12.9. The van der Waals surface area contributed by atoms with Gasteiger partial charge < -0.3 is 5.11 Å². The van der Waals surface area contributed by atoms with Gasteiger partial charge in [0.2, 0.25) is 0 Å². The molecule has 2 atom stereocenters. The largest absolute Gasteiger partial charge is 0.383 e. The highest BCUT2D eigenvalue weighted by molar-refractivity contribution is 6.42. The molecule has 1 saturated carbocycles. The summed E-state index contributed by atoms with van der Waals surface area (Å²) in [5.74, 6) is 0.428. The molecule has 0 amide bonds. The Kier molecular flexibility index (Phi) is 5.00. The summed E-state index contributed by atoms with van der Waals surface area (Å²) in [6.45, 7) is 4.64. The zero-order valence-corrected chi connectivity index (χ0v) is 16.5. The van der Waals surface area contributed by atoms with Crippen LogP contribution in [-0.2, 0) is 12.1 Å². The van der Waals surface area contributed by atoms with Gasteiger partial charge in [-0.25, -0.2) is 0 Å². The fourth-order valence-electron chi connectivity index (χ4n) is 4.86. The van der Waals surface area contributed by atoms with Crippen LogP contribution in [0.3, 0.4) is 0 Å². The maximum atomic E-state index is 11.7. The quantitative estimate of drug-likeness (QED) is 0.815. The number of hydrogen-bond donors (Lipinski definition) is 1. The van der Waals surface area contributed by atoms with E-state index in [1.54, 1.807) is 6.20 Å². The van der Waals surface area contributed by atoms with E-state index in [1.807, 2.05) is 24.3 Å². The van der Waals surface area contributed by atoms with E-state index < -0.39 is 5.60 Å². The van der Waals surface area contributed by atoms with Crippen LogP contribution in [0.4, 0.5) is 0 Å². The number of aromatic nitrogens is 1. The summed E-state index contributed by atoms with van der Waals surface area (Å²) in [5.41, 5.74) is 2.32.